The molecule has 0 aromatic heterocycles. The van der Waals surface area contributed by atoms with Crippen LogP contribution in [0.1, 0.15) is 252 Å². The van der Waals surface area contributed by atoms with Gasteiger partial charge in [-0.1, -0.05) is 226 Å². The summed E-state index contributed by atoms with van der Waals surface area (Å²) >= 11 is 0. The van der Waals surface area contributed by atoms with Gasteiger partial charge in [0, 0.05) is 12.8 Å². The summed E-state index contributed by atoms with van der Waals surface area (Å²) in [7, 11) is 0. The molecule has 0 rings (SSSR count). The highest BCUT2D eigenvalue weighted by atomic mass is 16.6. The van der Waals surface area contributed by atoms with Gasteiger partial charge in [0.1, 0.15) is 6.61 Å². The van der Waals surface area contributed by atoms with E-state index in [4.69, 9.17) is 9.47 Å². The van der Waals surface area contributed by atoms with Crippen molar-refractivity contribution in [1.29, 1.82) is 0 Å². The summed E-state index contributed by atoms with van der Waals surface area (Å²) in [6, 6.07) is 0. The number of esters is 2. The minimum atomic E-state index is -0.763. The molecule has 0 aliphatic heterocycles. The normalized spacial score (nSPS) is 12.6. The lowest BCUT2D eigenvalue weighted by Crippen LogP contribution is -2.28. The number of carbonyl (C=O) groups is 2. The molecule has 0 saturated heterocycles. The van der Waals surface area contributed by atoms with E-state index in [1.807, 2.05) is 0 Å². The number of carbonyl (C=O) groups excluding carboxylic acids is 2. The molecule has 0 aromatic carbocycles. The Morgan fingerprint density at radius 2 is 0.780 bits per heavy atom. The van der Waals surface area contributed by atoms with Crippen molar-refractivity contribution in [2.24, 2.45) is 5.92 Å². The van der Waals surface area contributed by atoms with E-state index in [1.165, 1.54) is 186 Å². The Balaban J connectivity index is 3.47. The maximum Gasteiger partial charge on any atom is 0.306 e. The molecule has 1 N–H and O–H groups in total. The third-order valence-corrected chi connectivity index (χ3v) is 10.7. The molecule has 5 nitrogen and oxygen atoms in total. The molecular formula is C45H88O5. The summed E-state index contributed by atoms with van der Waals surface area (Å²) in [6.07, 6.45) is 44.5. The van der Waals surface area contributed by atoms with Crippen LogP contribution in [0.15, 0.2) is 0 Å². The van der Waals surface area contributed by atoms with E-state index in [-0.39, 0.29) is 25.2 Å². The third-order valence-electron chi connectivity index (χ3n) is 10.7. The zero-order valence-corrected chi connectivity index (χ0v) is 34.1. The number of hydrogen-bond donors (Lipinski definition) is 1. The maximum atomic E-state index is 12.2. The zero-order valence-electron chi connectivity index (χ0n) is 34.1. The lowest BCUT2D eigenvalue weighted by molar-refractivity contribution is -0.161. The van der Waals surface area contributed by atoms with E-state index in [0.29, 0.717) is 12.8 Å². The van der Waals surface area contributed by atoms with Crippen molar-refractivity contribution < 1.29 is 24.2 Å². The molecule has 0 heterocycles. The summed E-state index contributed by atoms with van der Waals surface area (Å²) in [5.41, 5.74) is 0. The van der Waals surface area contributed by atoms with Crippen LogP contribution in [0.4, 0.5) is 0 Å². The summed E-state index contributed by atoms with van der Waals surface area (Å²) in [4.78, 5) is 24.3. The van der Waals surface area contributed by atoms with Crippen LogP contribution in [0.5, 0.6) is 0 Å². The highest BCUT2D eigenvalue weighted by Crippen LogP contribution is 2.17. The van der Waals surface area contributed by atoms with E-state index in [0.717, 1.165) is 38.0 Å². The predicted octanol–water partition coefficient (Wildman–Crippen LogP) is 14.2. The number of rotatable bonds is 41. The number of aliphatic hydroxyl groups is 1. The topological polar surface area (TPSA) is 72.8 Å². The Bertz CT molecular complexity index is 695. The van der Waals surface area contributed by atoms with Crippen LogP contribution in [-0.2, 0) is 19.1 Å². The van der Waals surface area contributed by atoms with Crippen LogP contribution in [-0.4, -0.2) is 36.4 Å². The summed E-state index contributed by atoms with van der Waals surface area (Å²) < 4.78 is 10.7. The maximum absolute atomic E-state index is 12.2. The monoisotopic (exact) mass is 709 g/mol. The number of ether oxygens (including phenoxy) is 2. The first-order chi connectivity index (χ1) is 24.5. The molecular weight excluding hydrogens is 620 g/mol. The molecule has 1 unspecified atom stereocenters. The van der Waals surface area contributed by atoms with Gasteiger partial charge in [-0.05, 0) is 18.8 Å². The Hall–Kier alpha value is -1.10. The van der Waals surface area contributed by atoms with Gasteiger partial charge in [-0.15, -0.1) is 0 Å². The van der Waals surface area contributed by atoms with Crippen LogP contribution in [0, 0.1) is 5.92 Å². The second-order valence-electron chi connectivity index (χ2n) is 15.7. The van der Waals surface area contributed by atoms with Gasteiger partial charge in [0.2, 0.25) is 0 Å². The van der Waals surface area contributed by atoms with Crippen molar-refractivity contribution in [3.63, 3.8) is 0 Å². The van der Waals surface area contributed by atoms with Crippen LogP contribution >= 0.6 is 0 Å². The average Bonchev–Trinajstić information content (AvgIpc) is 3.12. The molecule has 50 heavy (non-hydrogen) atoms. The fourth-order valence-corrected chi connectivity index (χ4v) is 6.89. The van der Waals surface area contributed by atoms with Crippen molar-refractivity contribution in [3.05, 3.63) is 0 Å². The van der Waals surface area contributed by atoms with Gasteiger partial charge in [-0.3, -0.25) is 9.59 Å². The largest absolute Gasteiger partial charge is 0.462 e. The van der Waals surface area contributed by atoms with Crippen LogP contribution < -0.4 is 0 Å². The van der Waals surface area contributed by atoms with Crippen LogP contribution in [0.3, 0.4) is 0 Å². The summed E-state index contributed by atoms with van der Waals surface area (Å²) in [6.45, 7) is 6.57. The van der Waals surface area contributed by atoms with Gasteiger partial charge >= 0.3 is 11.9 Å². The van der Waals surface area contributed by atoms with Crippen LogP contribution in [0.2, 0.25) is 0 Å². The summed E-state index contributed by atoms with van der Waals surface area (Å²) in [5.74, 6) is 0.331. The molecule has 0 spiro atoms. The van der Waals surface area contributed by atoms with Gasteiger partial charge in [0.25, 0.3) is 0 Å². The van der Waals surface area contributed by atoms with Crippen LogP contribution in [0.25, 0.3) is 0 Å². The van der Waals surface area contributed by atoms with E-state index in [2.05, 4.69) is 20.8 Å². The average molecular weight is 709 g/mol. The van der Waals surface area contributed by atoms with E-state index >= 15 is 0 Å². The molecule has 0 bridgehead atoms. The smallest absolute Gasteiger partial charge is 0.306 e. The second kappa shape index (κ2) is 40.7. The van der Waals surface area contributed by atoms with E-state index in [9.17, 15) is 14.7 Å². The molecule has 298 valence electrons. The zero-order chi connectivity index (χ0) is 36.6. The van der Waals surface area contributed by atoms with Gasteiger partial charge in [-0.25, -0.2) is 0 Å². The molecule has 0 aromatic rings. The molecule has 0 saturated carbocycles. The fraction of sp³-hybridized carbons (Fsp3) is 0.956. The van der Waals surface area contributed by atoms with Crippen molar-refractivity contribution in [3.8, 4) is 0 Å². The molecule has 0 aliphatic rings. The summed E-state index contributed by atoms with van der Waals surface area (Å²) in [5, 5.41) is 9.59. The van der Waals surface area contributed by atoms with Crippen molar-refractivity contribution >= 4 is 11.9 Å². The number of unbranched alkanes of at least 4 members (excludes halogenated alkanes) is 30. The van der Waals surface area contributed by atoms with Gasteiger partial charge in [0.15, 0.2) is 6.10 Å². The SMILES string of the molecule is CCCCCCCCCCCCCCCCCCCCC(=O)O[C@@H](CO)COC(=O)CCCCCCCCCCCCCCCCC(C)CC. The number of hydrogen-bond acceptors (Lipinski definition) is 5. The minimum Gasteiger partial charge on any atom is -0.462 e. The van der Waals surface area contributed by atoms with Gasteiger partial charge in [-0.2, -0.15) is 0 Å². The second-order valence-corrected chi connectivity index (χ2v) is 15.7. The standard InChI is InChI=1S/C45H88O5/c1-4-6-7-8-9-10-11-12-13-14-15-16-21-24-27-30-33-36-39-45(48)50-43(40-46)41-49-44(47)38-35-32-29-26-23-20-18-17-19-22-25-28-31-34-37-42(3)5-2/h42-43,46H,4-41H2,1-3H3/t42?,43-/m0/s1. The molecule has 0 fully saturated rings. The molecule has 0 radical (unpaired) electrons. The quantitative estimate of drug-likeness (QED) is 0.0505. The lowest BCUT2D eigenvalue weighted by atomic mass is 9.99. The Morgan fingerprint density at radius 1 is 0.460 bits per heavy atom. The molecule has 0 aliphatic carbocycles. The first-order valence-corrected chi connectivity index (χ1v) is 22.5. The van der Waals surface area contributed by atoms with Gasteiger partial charge < -0.3 is 14.6 Å². The number of aliphatic hydroxyl groups excluding tert-OH is 1. The Labute approximate surface area is 312 Å². The van der Waals surface area contributed by atoms with E-state index < -0.39 is 6.10 Å². The fourth-order valence-electron chi connectivity index (χ4n) is 6.89. The molecule has 0 amide bonds. The molecule has 2 atom stereocenters. The van der Waals surface area contributed by atoms with Crippen molar-refractivity contribution in [1.82, 2.24) is 0 Å². The van der Waals surface area contributed by atoms with E-state index in [1.54, 1.807) is 0 Å². The lowest BCUT2D eigenvalue weighted by Gasteiger charge is -2.15. The first kappa shape index (κ1) is 48.9. The molecule has 5 heteroatoms. The third kappa shape index (κ3) is 38.1. The Kier molecular flexibility index (Phi) is 39.8. The highest BCUT2D eigenvalue weighted by molar-refractivity contribution is 5.70. The van der Waals surface area contributed by atoms with Gasteiger partial charge in [0.05, 0.1) is 6.61 Å². The predicted molar refractivity (Wildman–Crippen MR) is 215 cm³/mol. The highest BCUT2D eigenvalue weighted by Gasteiger charge is 2.16. The van der Waals surface area contributed by atoms with Crippen molar-refractivity contribution in [2.45, 2.75) is 258 Å². The minimum absolute atomic E-state index is 0.0571. The Morgan fingerprint density at radius 3 is 1.12 bits per heavy atom. The first-order valence-electron chi connectivity index (χ1n) is 22.5. The van der Waals surface area contributed by atoms with Crippen molar-refractivity contribution in [2.75, 3.05) is 13.2 Å².